The molecule has 0 heterocycles. The first-order valence-electron chi connectivity index (χ1n) is 7.32. The fraction of sp³-hybridized carbons (Fsp3) is 0.235. The molecule has 0 fully saturated rings. The molecule has 2 aromatic carbocycles. The highest BCUT2D eigenvalue weighted by Gasteiger charge is 2.16. The summed E-state index contributed by atoms with van der Waals surface area (Å²) < 4.78 is 0. The number of nitrogens with zero attached hydrogens (tertiary/aromatic N) is 2. The van der Waals surface area contributed by atoms with Crippen LogP contribution in [0.3, 0.4) is 0 Å². The van der Waals surface area contributed by atoms with Crippen molar-refractivity contribution in [3.63, 3.8) is 0 Å². The zero-order valence-electron chi connectivity index (χ0n) is 13.5. The highest BCUT2D eigenvalue weighted by Crippen LogP contribution is 2.22. The summed E-state index contributed by atoms with van der Waals surface area (Å²) >= 11 is 5.99. The first-order chi connectivity index (χ1) is 11.4. The van der Waals surface area contributed by atoms with Crippen LogP contribution in [0.15, 0.2) is 42.5 Å². The Morgan fingerprint density at radius 3 is 2.50 bits per heavy atom. The quantitative estimate of drug-likeness (QED) is 0.643. The second-order valence-corrected chi connectivity index (χ2v) is 6.02. The number of halogens is 1. The van der Waals surface area contributed by atoms with Gasteiger partial charge in [-0.05, 0) is 31.3 Å². The third kappa shape index (κ3) is 4.53. The van der Waals surface area contributed by atoms with Crippen LogP contribution >= 0.6 is 11.6 Å². The SMILES string of the molecule is CN(C)Cc1ccccc1CNC(=O)c1cc([N+](=O)[O-])ccc1Cl. The van der Waals surface area contributed by atoms with Gasteiger partial charge in [-0.25, -0.2) is 0 Å². The van der Waals surface area contributed by atoms with E-state index < -0.39 is 10.8 Å². The van der Waals surface area contributed by atoms with Crippen LogP contribution < -0.4 is 5.32 Å². The zero-order chi connectivity index (χ0) is 17.7. The van der Waals surface area contributed by atoms with Gasteiger partial charge in [-0.1, -0.05) is 35.9 Å². The molecule has 6 nitrogen and oxygen atoms in total. The summed E-state index contributed by atoms with van der Waals surface area (Å²) in [6.07, 6.45) is 0. The number of rotatable bonds is 6. The number of carbonyl (C=O) groups is 1. The third-order valence-electron chi connectivity index (χ3n) is 3.45. The lowest BCUT2D eigenvalue weighted by Crippen LogP contribution is -2.24. The van der Waals surface area contributed by atoms with Gasteiger partial charge in [0.05, 0.1) is 15.5 Å². The third-order valence-corrected chi connectivity index (χ3v) is 3.78. The van der Waals surface area contributed by atoms with Gasteiger partial charge in [0.25, 0.3) is 11.6 Å². The van der Waals surface area contributed by atoms with Crippen molar-refractivity contribution in [3.8, 4) is 0 Å². The van der Waals surface area contributed by atoms with E-state index in [2.05, 4.69) is 5.32 Å². The predicted octanol–water partition coefficient (Wildman–Crippen LogP) is 3.24. The highest BCUT2D eigenvalue weighted by atomic mass is 35.5. The monoisotopic (exact) mass is 347 g/mol. The molecule has 0 unspecified atom stereocenters. The largest absolute Gasteiger partial charge is 0.348 e. The molecule has 0 radical (unpaired) electrons. The van der Waals surface area contributed by atoms with Gasteiger partial charge in [0.1, 0.15) is 0 Å². The fourth-order valence-electron chi connectivity index (χ4n) is 2.30. The van der Waals surface area contributed by atoms with Crippen LogP contribution in [0.5, 0.6) is 0 Å². The van der Waals surface area contributed by atoms with Crippen LogP contribution in [0.2, 0.25) is 5.02 Å². The molecule has 0 saturated carbocycles. The van der Waals surface area contributed by atoms with Crippen LogP contribution in [0.1, 0.15) is 21.5 Å². The molecule has 0 atom stereocenters. The Balaban J connectivity index is 2.14. The number of amides is 1. The van der Waals surface area contributed by atoms with Crippen LogP contribution in [0, 0.1) is 10.1 Å². The van der Waals surface area contributed by atoms with Crippen LogP contribution in [0.25, 0.3) is 0 Å². The number of carbonyl (C=O) groups excluding carboxylic acids is 1. The molecule has 0 spiro atoms. The Labute approximate surface area is 145 Å². The number of nitro groups is 1. The first-order valence-corrected chi connectivity index (χ1v) is 7.70. The summed E-state index contributed by atoms with van der Waals surface area (Å²) in [5.41, 5.74) is 2.02. The van der Waals surface area contributed by atoms with Crippen molar-refractivity contribution >= 4 is 23.2 Å². The van der Waals surface area contributed by atoms with Crippen molar-refractivity contribution in [3.05, 3.63) is 74.3 Å². The Morgan fingerprint density at radius 1 is 1.21 bits per heavy atom. The standard InChI is InChI=1S/C17H18ClN3O3/c1-20(2)11-13-6-4-3-5-12(13)10-19-17(22)15-9-14(21(23)24)7-8-16(15)18/h3-9H,10-11H2,1-2H3,(H,19,22). The second kappa shape index (κ2) is 7.90. The van der Waals surface area contributed by atoms with Gasteiger partial charge >= 0.3 is 0 Å². The van der Waals surface area contributed by atoms with Crippen molar-refractivity contribution in [1.29, 1.82) is 0 Å². The average molecular weight is 348 g/mol. The van der Waals surface area contributed by atoms with E-state index in [1.54, 1.807) is 0 Å². The molecule has 0 saturated heterocycles. The minimum atomic E-state index is -0.556. The Hall–Kier alpha value is -2.44. The van der Waals surface area contributed by atoms with E-state index in [0.717, 1.165) is 17.7 Å². The van der Waals surface area contributed by atoms with Gasteiger partial charge in [0.2, 0.25) is 0 Å². The summed E-state index contributed by atoms with van der Waals surface area (Å²) in [6.45, 7) is 1.07. The smallest absolute Gasteiger partial charge is 0.270 e. The zero-order valence-corrected chi connectivity index (χ0v) is 14.2. The minimum absolute atomic E-state index is 0.0935. The molecule has 0 aliphatic rings. The lowest BCUT2D eigenvalue weighted by molar-refractivity contribution is -0.384. The number of hydrogen-bond donors (Lipinski definition) is 1. The average Bonchev–Trinajstić information content (AvgIpc) is 2.53. The van der Waals surface area contributed by atoms with E-state index in [-0.39, 0.29) is 16.3 Å². The number of benzene rings is 2. The van der Waals surface area contributed by atoms with E-state index in [9.17, 15) is 14.9 Å². The molecule has 24 heavy (non-hydrogen) atoms. The Kier molecular flexibility index (Phi) is 5.89. The lowest BCUT2D eigenvalue weighted by Gasteiger charge is -2.15. The van der Waals surface area contributed by atoms with E-state index in [0.29, 0.717) is 6.54 Å². The molecule has 126 valence electrons. The maximum absolute atomic E-state index is 12.3. The minimum Gasteiger partial charge on any atom is -0.348 e. The molecule has 1 N–H and O–H groups in total. The van der Waals surface area contributed by atoms with Gasteiger partial charge in [0, 0.05) is 25.2 Å². The summed E-state index contributed by atoms with van der Waals surface area (Å²) in [5, 5.41) is 13.8. The van der Waals surface area contributed by atoms with Crippen LogP contribution in [0.4, 0.5) is 5.69 Å². The van der Waals surface area contributed by atoms with Gasteiger partial charge in [-0.15, -0.1) is 0 Å². The topological polar surface area (TPSA) is 75.5 Å². The van der Waals surface area contributed by atoms with E-state index in [1.807, 2.05) is 43.3 Å². The summed E-state index contributed by atoms with van der Waals surface area (Å²) in [5.74, 6) is -0.441. The molecule has 0 aliphatic carbocycles. The molecular formula is C17H18ClN3O3. The maximum atomic E-state index is 12.3. The highest BCUT2D eigenvalue weighted by molar-refractivity contribution is 6.33. The van der Waals surface area contributed by atoms with Crippen molar-refractivity contribution in [2.45, 2.75) is 13.1 Å². The first kappa shape index (κ1) is 17.9. The molecule has 0 bridgehead atoms. The molecule has 0 aliphatic heterocycles. The summed E-state index contributed by atoms with van der Waals surface area (Å²) in [7, 11) is 3.94. The van der Waals surface area contributed by atoms with E-state index in [4.69, 9.17) is 11.6 Å². The van der Waals surface area contributed by atoms with E-state index in [1.165, 1.54) is 18.2 Å². The molecule has 2 aromatic rings. The summed E-state index contributed by atoms with van der Waals surface area (Å²) in [4.78, 5) is 24.6. The molecule has 2 rings (SSSR count). The molecule has 0 aromatic heterocycles. The number of nitro benzene ring substituents is 1. The maximum Gasteiger partial charge on any atom is 0.270 e. The Morgan fingerprint density at radius 2 is 1.88 bits per heavy atom. The van der Waals surface area contributed by atoms with Crippen molar-refractivity contribution in [2.75, 3.05) is 14.1 Å². The van der Waals surface area contributed by atoms with Gasteiger partial charge in [0.15, 0.2) is 0 Å². The van der Waals surface area contributed by atoms with E-state index >= 15 is 0 Å². The van der Waals surface area contributed by atoms with Crippen molar-refractivity contribution < 1.29 is 9.72 Å². The van der Waals surface area contributed by atoms with Gasteiger partial charge in [-0.2, -0.15) is 0 Å². The van der Waals surface area contributed by atoms with Gasteiger partial charge < -0.3 is 10.2 Å². The van der Waals surface area contributed by atoms with Gasteiger partial charge in [-0.3, -0.25) is 14.9 Å². The predicted molar refractivity (Wildman–Crippen MR) is 93.1 cm³/mol. The number of nitrogens with one attached hydrogen (secondary N) is 1. The second-order valence-electron chi connectivity index (χ2n) is 5.61. The van der Waals surface area contributed by atoms with Crippen molar-refractivity contribution in [2.24, 2.45) is 0 Å². The normalized spacial score (nSPS) is 10.7. The van der Waals surface area contributed by atoms with Crippen LogP contribution in [-0.4, -0.2) is 29.8 Å². The number of non-ortho nitro benzene ring substituents is 1. The summed E-state index contributed by atoms with van der Waals surface area (Å²) in [6, 6.07) is 11.6. The fourth-order valence-corrected chi connectivity index (χ4v) is 2.50. The molecule has 7 heteroatoms. The van der Waals surface area contributed by atoms with Crippen molar-refractivity contribution in [1.82, 2.24) is 10.2 Å². The van der Waals surface area contributed by atoms with Crippen LogP contribution in [-0.2, 0) is 13.1 Å². The lowest BCUT2D eigenvalue weighted by atomic mass is 10.1. The molecule has 1 amide bonds. The molecular weight excluding hydrogens is 330 g/mol. The number of hydrogen-bond acceptors (Lipinski definition) is 4. The Bertz CT molecular complexity index is 762.